The smallest absolute Gasteiger partial charge is 0.00699 e. The Bertz CT molecular complexity index is 297. The Kier molecular flexibility index (Phi) is 5.68. The summed E-state index contributed by atoms with van der Waals surface area (Å²) in [5.41, 5.74) is 1.90. The van der Waals surface area contributed by atoms with Gasteiger partial charge in [-0.25, -0.2) is 0 Å². The maximum Gasteiger partial charge on any atom is 0.00699 e. The van der Waals surface area contributed by atoms with Gasteiger partial charge in [-0.1, -0.05) is 27.7 Å². The monoisotopic (exact) mass is 253 g/mol. The van der Waals surface area contributed by atoms with E-state index < -0.39 is 0 Å². The molecule has 0 saturated heterocycles. The van der Waals surface area contributed by atoms with Crippen LogP contribution in [0.2, 0.25) is 0 Å². The van der Waals surface area contributed by atoms with Crippen molar-refractivity contribution >= 4 is 11.3 Å². The lowest BCUT2D eigenvalue weighted by atomic mass is 9.78. The highest BCUT2D eigenvalue weighted by Gasteiger charge is 2.22. The standard InChI is InChI=1S/C15H27NS/c1-12(15(2,3)4)10-14(16-5)7-6-13-8-9-17-11-13/h8-9,11-12,14,16H,6-7,10H2,1-5H3. The molecule has 0 aliphatic carbocycles. The van der Waals surface area contributed by atoms with E-state index in [2.05, 4.69) is 56.9 Å². The van der Waals surface area contributed by atoms with Crippen LogP contribution in [0, 0.1) is 11.3 Å². The van der Waals surface area contributed by atoms with Gasteiger partial charge in [0.15, 0.2) is 0 Å². The fourth-order valence-corrected chi connectivity index (χ4v) is 2.64. The number of aryl methyl sites for hydroxylation is 1. The van der Waals surface area contributed by atoms with Crippen molar-refractivity contribution in [2.24, 2.45) is 11.3 Å². The first-order valence-corrected chi connectivity index (χ1v) is 7.56. The van der Waals surface area contributed by atoms with Crippen LogP contribution in [0.4, 0.5) is 0 Å². The molecule has 0 saturated carbocycles. The zero-order valence-electron chi connectivity index (χ0n) is 11.9. The maximum absolute atomic E-state index is 3.47. The highest BCUT2D eigenvalue weighted by Crippen LogP contribution is 2.29. The zero-order chi connectivity index (χ0) is 12.9. The number of rotatable bonds is 6. The molecule has 1 aromatic rings. The van der Waals surface area contributed by atoms with Gasteiger partial charge < -0.3 is 5.32 Å². The summed E-state index contributed by atoms with van der Waals surface area (Å²) in [6.45, 7) is 9.38. The lowest BCUT2D eigenvalue weighted by Gasteiger charge is -2.30. The maximum atomic E-state index is 3.47. The van der Waals surface area contributed by atoms with Gasteiger partial charge >= 0.3 is 0 Å². The molecule has 1 N–H and O–H groups in total. The largest absolute Gasteiger partial charge is 0.317 e. The first-order chi connectivity index (χ1) is 7.93. The van der Waals surface area contributed by atoms with Crippen molar-refractivity contribution in [2.45, 2.75) is 53.0 Å². The van der Waals surface area contributed by atoms with Gasteiger partial charge in [0, 0.05) is 6.04 Å². The number of thiophene rings is 1. The molecule has 17 heavy (non-hydrogen) atoms. The Balaban J connectivity index is 2.38. The Morgan fingerprint density at radius 3 is 2.53 bits per heavy atom. The van der Waals surface area contributed by atoms with E-state index in [0.29, 0.717) is 11.5 Å². The normalized spacial score (nSPS) is 15.8. The first kappa shape index (κ1) is 14.7. The predicted molar refractivity (Wildman–Crippen MR) is 78.7 cm³/mol. The molecule has 1 aromatic heterocycles. The van der Waals surface area contributed by atoms with Crippen LogP contribution in [0.3, 0.4) is 0 Å². The SMILES string of the molecule is CNC(CCc1ccsc1)CC(C)C(C)(C)C. The first-order valence-electron chi connectivity index (χ1n) is 6.62. The summed E-state index contributed by atoms with van der Waals surface area (Å²) >= 11 is 1.80. The van der Waals surface area contributed by atoms with Gasteiger partial charge in [0.25, 0.3) is 0 Å². The van der Waals surface area contributed by atoms with Crippen molar-refractivity contribution in [3.05, 3.63) is 22.4 Å². The third-order valence-corrected chi connectivity index (χ3v) is 4.62. The molecular formula is C15H27NS. The van der Waals surface area contributed by atoms with Gasteiger partial charge in [0.2, 0.25) is 0 Å². The van der Waals surface area contributed by atoms with E-state index in [9.17, 15) is 0 Å². The van der Waals surface area contributed by atoms with Crippen LogP contribution in [0.5, 0.6) is 0 Å². The second kappa shape index (κ2) is 6.55. The zero-order valence-corrected chi connectivity index (χ0v) is 12.7. The molecule has 1 rings (SSSR count). The van der Waals surface area contributed by atoms with Crippen molar-refractivity contribution in [2.75, 3.05) is 7.05 Å². The highest BCUT2D eigenvalue weighted by atomic mass is 32.1. The van der Waals surface area contributed by atoms with Gasteiger partial charge in [-0.2, -0.15) is 11.3 Å². The molecule has 0 aliphatic rings. The Morgan fingerprint density at radius 2 is 2.06 bits per heavy atom. The molecule has 0 aromatic carbocycles. The molecule has 1 nitrogen and oxygen atoms in total. The van der Waals surface area contributed by atoms with Gasteiger partial charge in [0.1, 0.15) is 0 Å². The van der Waals surface area contributed by atoms with Crippen LogP contribution in [0.1, 0.15) is 46.1 Å². The van der Waals surface area contributed by atoms with Crippen molar-refractivity contribution in [3.63, 3.8) is 0 Å². The molecular weight excluding hydrogens is 226 g/mol. The van der Waals surface area contributed by atoms with Gasteiger partial charge in [-0.05, 0) is 60.0 Å². The van der Waals surface area contributed by atoms with Gasteiger partial charge in [0.05, 0.1) is 0 Å². The lowest BCUT2D eigenvalue weighted by Crippen LogP contribution is -2.31. The van der Waals surface area contributed by atoms with E-state index in [0.717, 1.165) is 5.92 Å². The topological polar surface area (TPSA) is 12.0 Å². The highest BCUT2D eigenvalue weighted by molar-refractivity contribution is 7.07. The van der Waals surface area contributed by atoms with Crippen LogP contribution >= 0.6 is 11.3 Å². The molecule has 0 aliphatic heterocycles. The van der Waals surface area contributed by atoms with E-state index in [1.165, 1.54) is 24.8 Å². The fraction of sp³-hybridized carbons (Fsp3) is 0.733. The van der Waals surface area contributed by atoms with Crippen molar-refractivity contribution in [1.29, 1.82) is 0 Å². The summed E-state index contributed by atoms with van der Waals surface area (Å²) in [7, 11) is 2.09. The summed E-state index contributed by atoms with van der Waals surface area (Å²) in [6.07, 6.45) is 3.71. The molecule has 0 fully saturated rings. The van der Waals surface area contributed by atoms with E-state index >= 15 is 0 Å². The fourth-order valence-electron chi connectivity index (χ4n) is 1.94. The van der Waals surface area contributed by atoms with Gasteiger partial charge in [-0.3, -0.25) is 0 Å². The molecule has 2 unspecified atom stereocenters. The van der Waals surface area contributed by atoms with E-state index in [4.69, 9.17) is 0 Å². The molecule has 0 radical (unpaired) electrons. The second-order valence-corrected chi connectivity index (χ2v) is 6.94. The third-order valence-electron chi connectivity index (χ3n) is 3.89. The van der Waals surface area contributed by atoms with Crippen LogP contribution in [-0.2, 0) is 6.42 Å². The molecule has 0 amide bonds. The number of hydrogen-bond acceptors (Lipinski definition) is 2. The number of nitrogens with one attached hydrogen (secondary N) is 1. The molecule has 2 heteroatoms. The lowest BCUT2D eigenvalue weighted by molar-refractivity contribution is 0.222. The Morgan fingerprint density at radius 1 is 1.35 bits per heavy atom. The molecule has 1 heterocycles. The van der Waals surface area contributed by atoms with Crippen LogP contribution < -0.4 is 5.32 Å². The van der Waals surface area contributed by atoms with E-state index in [1.807, 2.05) is 0 Å². The summed E-state index contributed by atoms with van der Waals surface area (Å²) in [4.78, 5) is 0. The van der Waals surface area contributed by atoms with Crippen LogP contribution in [-0.4, -0.2) is 13.1 Å². The minimum absolute atomic E-state index is 0.414. The number of hydrogen-bond donors (Lipinski definition) is 1. The average molecular weight is 253 g/mol. The average Bonchev–Trinajstić information content (AvgIpc) is 2.75. The molecule has 98 valence electrons. The van der Waals surface area contributed by atoms with E-state index in [-0.39, 0.29) is 0 Å². The summed E-state index contributed by atoms with van der Waals surface area (Å²) in [5, 5.41) is 7.90. The van der Waals surface area contributed by atoms with Crippen molar-refractivity contribution in [3.8, 4) is 0 Å². The summed E-state index contributed by atoms with van der Waals surface area (Å²) in [6, 6.07) is 2.88. The Hall–Kier alpha value is -0.340. The minimum atomic E-state index is 0.414. The summed E-state index contributed by atoms with van der Waals surface area (Å²) in [5.74, 6) is 0.752. The minimum Gasteiger partial charge on any atom is -0.317 e. The quantitative estimate of drug-likeness (QED) is 0.795. The van der Waals surface area contributed by atoms with Crippen LogP contribution in [0.25, 0.3) is 0 Å². The Labute approximate surface area is 111 Å². The van der Waals surface area contributed by atoms with Crippen molar-refractivity contribution in [1.82, 2.24) is 5.32 Å². The summed E-state index contributed by atoms with van der Waals surface area (Å²) < 4.78 is 0. The van der Waals surface area contributed by atoms with Gasteiger partial charge in [-0.15, -0.1) is 0 Å². The van der Waals surface area contributed by atoms with E-state index in [1.54, 1.807) is 11.3 Å². The second-order valence-electron chi connectivity index (χ2n) is 6.16. The molecule has 2 atom stereocenters. The van der Waals surface area contributed by atoms with Crippen LogP contribution in [0.15, 0.2) is 16.8 Å². The predicted octanol–water partition coefficient (Wildman–Crippen LogP) is 4.34. The third kappa shape index (κ3) is 5.22. The van der Waals surface area contributed by atoms with Crippen molar-refractivity contribution < 1.29 is 0 Å². The molecule has 0 spiro atoms. The molecule has 0 bridgehead atoms.